The molecule has 12 heteroatoms. The highest BCUT2D eigenvalue weighted by atomic mass is 32.2. The van der Waals surface area contributed by atoms with Crippen LogP contribution < -0.4 is 19.1 Å². The lowest BCUT2D eigenvalue weighted by Crippen LogP contribution is -2.41. The molecule has 0 saturated carbocycles. The van der Waals surface area contributed by atoms with Gasteiger partial charge in [0.15, 0.2) is 0 Å². The quantitative estimate of drug-likeness (QED) is 0.345. The molecular formula is C25H29N3O7S2. The fraction of sp³-hybridized carbons (Fsp3) is 0.240. The Morgan fingerprint density at radius 3 is 1.86 bits per heavy atom. The number of nitrogens with zero attached hydrogens (tertiary/aromatic N) is 2. The average molecular weight is 548 g/mol. The van der Waals surface area contributed by atoms with E-state index in [2.05, 4.69) is 5.32 Å². The Morgan fingerprint density at radius 1 is 0.784 bits per heavy atom. The van der Waals surface area contributed by atoms with Gasteiger partial charge < -0.3 is 14.8 Å². The monoisotopic (exact) mass is 547 g/mol. The van der Waals surface area contributed by atoms with E-state index in [1.54, 1.807) is 30.3 Å². The van der Waals surface area contributed by atoms with Crippen molar-refractivity contribution in [1.82, 2.24) is 9.62 Å². The van der Waals surface area contributed by atoms with E-state index in [0.29, 0.717) is 17.2 Å². The lowest BCUT2D eigenvalue weighted by Gasteiger charge is -2.24. The molecule has 0 spiro atoms. The van der Waals surface area contributed by atoms with E-state index in [1.807, 2.05) is 0 Å². The van der Waals surface area contributed by atoms with Gasteiger partial charge in [0, 0.05) is 14.1 Å². The minimum atomic E-state index is -4.04. The van der Waals surface area contributed by atoms with Crippen molar-refractivity contribution >= 4 is 31.6 Å². The van der Waals surface area contributed by atoms with E-state index < -0.39 is 32.5 Å². The maximum absolute atomic E-state index is 13.4. The number of hydrogen-bond donors (Lipinski definition) is 1. The van der Waals surface area contributed by atoms with Crippen LogP contribution in [0, 0.1) is 0 Å². The fourth-order valence-electron chi connectivity index (χ4n) is 3.25. The minimum Gasteiger partial charge on any atom is -0.497 e. The lowest BCUT2D eigenvalue weighted by molar-refractivity contribution is -0.119. The van der Waals surface area contributed by atoms with Gasteiger partial charge in [-0.05, 0) is 60.7 Å². The number of amides is 1. The molecule has 37 heavy (non-hydrogen) atoms. The summed E-state index contributed by atoms with van der Waals surface area (Å²) >= 11 is 0. The third-order valence-corrected chi connectivity index (χ3v) is 8.89. The summed E-state index contributed by atoms with van der Waals surface area (Å²) < 4.78 is 63.8. The third kappa shape index (κ3) is 7.00. The maximum atomic E-state index is 13.4. The number of methoxy groups -OCH3 is 1. The highest BCUT2D eigenvalue weighted by Gasteiger charge is 2.27. The summed E-state index contributed by atoms with van der Waals surface area (Å²) in [7, 11) is -3.20. The topological polar surface area (TPSA) is 122 Å². The Hall–Kier alpha value is -3.61. The maximum Gasteiger partial charge on any atom is 0.264 e. The normalized spacial score (nSPS) is 11.7. The first-order chi connectivity index (χ1) is 17.6. The van der Waals surface area contributed by atoms with Crippen molar-refractivity contribution in [1.29, 1.82) is 0 Å². The second-order valence-corrected chi connectivity index (χ2v) is 12.0. The summed E-state index contributed by atoms with van der Waals surface area (Å²) in [6.07, 6.45) is 0. The van der Waals surface area contributed by atoms with E-state index in [1.165, 1.54) is 69.7 Å². The molecule has 1 amide bonds. The molecular weight excluding hydrogens is 518 g/mol. The van der Waals surface area contributed by atoms with Gasteiger partial charge in [-0.3, -0.25) is 9.10 Å². The van der Waals surface area contributed by atoms with Crippen LogP contribution in [0.25, 0.3) is 0 Å². The predicted octanol–water partition coefficient (Wildman–Crippen LogP) is 2.34. The predicted molar refractivity (Wildman–Crippen MR) is 140 cm³/mol. The Labute approximate surface area is 217 Å². The fourth-order valence-corrected chi connectivity index (χ4v) is 5.57. The zero-order valence-electron chi connectivity index (χ0n) is 20.7. The number of hydrogen-bond acceptors (Lipinski definition) is 7. The van der Waals surface area contributed by atoms with Gasteiger partial charge in [-0.25, -0.2) is 21.1 Å². The summed E-state index contributed by atoms with van der Waals surface area (Å²) in [4.78, 5) is 12.8. The van der Waals surface area contributed by atoms with Crippen LogP contribution in [0.5, 0.6) is 11.5 Å². The molecule has 0 aliphatic rings. The molecule has 0 unspecified atom stereocenters. The van der Waals surface area contributed by atoms with Crippen LogP contribution in [0.4, 0.5) is 5.69 Å². The number of anilines is 1. The molecule has 0 aromatic heterocycles. The van der Waals surface area contributed by atoms with Gasteiger partial charge in [-0.2, -0.15) is 0 Å². The van der Waals surface area contributed by atoms with Gasteiger partial charge in [-0.15, -0.1) is 0 Å². The molecule has 0 bridgehead atoms. The average Bonchev–Trinajstić information content (AvgIpc) is 2.90. The van der Waals surface area contributed by atoms with Gasteiger partial charge in [0.05, 0.1) is 29.1 Å². The Morgan fingerprint density at radius 2 is 1.32 bits per heavy atom. The van der Waals surface area contributed by atoms with Gasteiger partial charge in [0.1, 0.15) is 24.7 Å². The van der Waals surface area contributed by atoms with E-state index in [0.717, 1.165) is 8.61 Å². The van der Waals surface area contributed by atoms with Crippen molar-refractivity contribution in [3.05, 3.63) is 78.9 Å². The van der Waals surface area contributed by atoms with Crippen LogP contribution in [0.3, 0.4) is 0 Å². The molecule has 0 fully saturated rings. The zero-order valence-corrected chi connectivity index (χ0v) is 22.3. The van der Waals surface area contributed by atoms with E-state index in [4.69, 9.17) is 9.47 Å². The van der Waals surface area contributed by atoms with Crippen LogP contribution in [-0.4, -0.2) is 67.9 Å². The summed E-state index contributed by atoms with van der Waals surface area (Å²) in [6.45, 7) is -0.223. The minimum absolute atomic E-state index is 0.0213. The Kier molecular flexibility index (Phi) is 9.14. The van der Waals surface area contributed by atoms with E-state index >= 15 is 0 Å². The van der Waals surface area contributed by atoms with Crippen molar-refractivity contribution in [2.24, 2.45) is 0 Å². The molecule has 0 saturated heterocycles. The number of nitrogens with one attached hydrogen (secondary N) is 1. The summed E-state index contributed by atoms with van der Waals surface area (Å²) in [5.41, 5.74) is 0.345. The number of sulfonamides is 2. The first kappa shape index (κ1) is 28.0. The highest BCUT2D eigenvalue weighted by Crippen LogP contribution is 2.25. The number of carbonyl (C=O) groups is 1. The third-order valence-electron chi connectivity index (χ3n) is 5.27. The summed E-state index contributed by atoms with van der Waals surface area (Å²) in [5, 5.41) is 2.65. The van der Waals surface area contributed by atoms with E-state index in [-0.39, 0.29) is 22.9 Å². The van der Waals surface area contributed by atoms with Crippen LogP contribution in [0.1, 0.15) is 0 Å². The summed E-state index contributed by atoms with van der Waals surface area (Å²) in [6, 6.07) is 20.2. The zero-order chi connectivity index (χ0) is 27.1. The molecule has 0 radical (unpaired) electrons. The molecule has 3 aromatic rings. The number of ether oxygens (including phenoxy) is 2. The van der Waals surface area contributed by atoms with Crippen LogP contribution >= 0.6 is 0 Å². The van der Waals surface area contributed by atoms with Crippen molar-refractivity contribution in [3.8, 4) is 11.5 Å². The smallest absolute Gasteiger partial charge is 0.264 e. The van der Waals surface area contributed by atoms with Crippen LogP contribution in [-0.2, 0) is 24.8 Å². The van der Waals surface area contributed by atoms with Gasteiger partial charge in [-0.1, -0.05) is 18.2 Å². The number of benzene rings is 3. The second kappa shape index (κ2) is 12.1. The Balaban J connectivity index is 1.62. The summed E-state index contributed by atoms with van der Waals surface area (Å²) in [5.74, 6) is 0.425. The molecule has 0 heterocycles. The molecule has 3 rings (SSSR count). The van der Waals surface area contributed by atoms with Crippen molar-refractivity contribution in [2.45, 2.75) is 9.79 Å². The molecule has 1 N–H and O–H groups in total. The SMILES string of the molecule is COc1ccc(S(=O)(=O)N(CC(=O)NCCOc2ccc(S(=O)(=O)N(C)C)cc2)c2ccccc2)cc1. The second-order valence-electron chi connectivity index (χ2n) is 7.98. The Bertz CT molecular complexity index is 1390. The van der Waals surface area contributed by atoms with Gasteiger partial charge in [0.25, 0.3) is 10.0 Å². The van der Waals surface area contributed by atoms with Gasteiger partial charge >= 0.3 is 0 Å². The number of rotatable bonds is 12. The molecule has 198 valence electrons. The number of carbonyl (C=O) groups excluding carboxylic acids is 1. The first-order valence-electron chi connectivity index (χ1n) is 11.2. The largest absolute Gasteiger partial charge is 0.497 e. The van der Waals surface area contributed by atoms with E-state index in [9.17, 15) is 21.6 Å². The highest BCUT2D eigenvalue weighted by molar-refractivity contribution is 7.92. The van der Waals surface area contributed by atoms with Crippen molar-refractivity contribution < 1.29 is 31.1 Å². The van der Waals surface area contributed by atoms with Gasteiger partial charge in [0.2, 0.25) is 15.9 Å². The van der Waals surface area contributed by atoms with Crippen molar-refractivity contribution in [2.75, 3.05) is 45.2 Å². The lowest BCUT2D eigenvalue weighted by atomic mass is 10.3. The van der Waals surface area contributed by atoms with Crippen LogP contribution in [0.15, 0.2) is 88.7 Å². The molecule has 10 nitrogen and oxygen atoms in total. The van der Waals surface area contributed by atoms with Crippen LogP contribution in [0.2, 0.25) is 0 Å². The standard InChI is InChI=1S/C25H29N3O7S2/c1-27(2)36(30,31)23-15-11-22(12-16-23)35-18-17-26-25(29)19-28(20-7-5-4-6-8-20)37(32,33)24-13-9-21(34-3)10-14-24/h4-16H,17-19H2,1-3H3,(H,26,29). The molecule has 0 aliphatic heterocycles. The van der Waals surface area contributed by atoms with Crippen molar-refractivity contribution in [3.63, 3.8) is 0 Å². The number of para-hydroxylation sites is 1. The first-order valence-corrected chi connectivity index (χ1v) is 14.1. The molecule has 0 aliphatic carbocycles. The molecule has 0 atom stereocenters. The molecule has 3 aromatic carbocycles.